The summed E-state index contributed by atoms with van der Waals surface area (Å²) in [4.78, 5) is 25.6. The topological polar surface area (TPSA) is 108 Å². The number of unbranched alkanes of at least 4 members (excludes halogenated alkanes) is 42. The Hall–Kier alpha value is -2.06. The molecule has 3 atom stereocenters. The molecular weight excluding hydrogens is 1030 g/mol. The van der Waals surface area contributed by atoms with Crippen LogP contribution in [0.4, 0.5) is 0 Å². The van der Waals surface area contributed by atoms with Crippen molar-refractivity contribution in [1.29, 1.82) is 0 Å². The minimum Gasteiger partial charge on any atom is -0.756 e. The molecule has 0 spiro atoms. The third-order valence-electron chi connectivity index (χ3n) is 15.9. The van der Waals surface area contributed by atoms with Crippen molar-refractivity contribution in [3.63, 3.8) is 0 Å². The third kappa shape index (κ3) is 65.5. The smallest absolute Gasteiger partial charge is 0.268 e. The number of likely N-dealkylation sites (N-methyl/N-ethyl adjacent to an activating group) is 1. The van der Waals surface area contributed by atoms with E-state index < -0.39 is 20.0 Å². The Bertz CT molecular complexity index is 1570. The SMILES string of the molecule is CC/C=C\C/C=C\C/C=C\C/C=C\C/C=C\CCCCCCCCCCCCCCCCCCCC(=O)NC(COP(=O)([O-])OCC[N+](C)(C)C)C(O)/C=C/CCCCCCCCCCCCCCCCCCCCCCCCCCC. The van der Waals surface area contributed by atoms with Gasteiger partial charge in [-0.2, -0.15) is 0 Å². The number of amides is 1. The first-order valence-electron chi connectivity index (χ1n) is 35.3. The van der Waals surface area contributed by atoms with Crippen molar-refractivity contribution >= 4 is 13.7 Å². The number of nitrogens with zero attached hydrogens (tertiary/aromatic N) is 1. The summed E-state index contributed by atoms with van der Waals surface area (Å²) in [6, 6.07) is -0.890. The van der Waals surface area contributed by atoms with E-state index in [1.54, 1.807) is 6.08 Å². The summed E-state index contributed by atoms with van der Waals surface area (Å²) in [5.41, 5.74) is 0. The second kappa shape index (κ2) is 63.4. The number of nitrogens with one attached hydrogen (secondary N) is 1. The molecule has 0 aliphatic rings. The number of phosphoric ester groups is 1. The van der Waals surface area contributed by atoms with Gasteiger partial charge in [-0.05, 0) is 64.2 Å². The molecule has 0 radical (unpaired) electrons. The highest BCUT2D eigenvalue weighted by atomic mass is 31.2. The summed E-state index contributed by atoms with van der Waals surface area (Å²) < 4.78 is 23.5. The number of hydrogen-bond donors (Lipinski definition) is 2. The standard InChI is InChI=1S/C73H137N2O6P/c1-6-8-10-12-14-16-18-20-22-24-26-28-30-32-34-35-36-37-38-39-41-43-45-47-49-51-53-55-57-59-61-63-65-67-73(77)74-71(70-81-82(78,79)80-69-68-75(3,4)5)72(76)66-64-62-60-58-56-54-52-50-48-46-44-42-40-33-31-29-27-25-23-21-19-17-15-13-11-9-7-2/h8,10,14,16,20,22,26,28,32,34,64,66,71-72,76H,6-7,9,11-13,15,17-19,21,23-25,27,29-31,33,35-63,65,67-70H2,1-5H3,(H-,74,77,78,79)/b10-8-,16-14-,22-20-,28-26-,34-32-,66-64+. The summed E-state index contributed by atoms with van der Waals surface area (Å²) in [5.74, 6) is -0.194. The maximum atomic E-state index is 13.0. The molecule has 0 bridgehead atoms. The quantitative estimate of drug-likeness (QED) is 0.0272. The van der Waals surface area contributed by atoms with Crippen molar-refractivity contribution in [3.05, 3.63) is 72.9 Å². The average Bonchev–Trinajstić information content (AvgIpc) is 3.47. The van der Waals surface area contributed by atoms with E-state index in [0.717, 1.165) is 70.6 Å². The Morgan fingerprint density at radius 3 is 1.09 bits per heavy atom. The molecule has 0 rings (SSSR count). The normalized spacial score (nSPS) is 14.1. The molecule has 0 aliphatic carbocycles. The fraction of sp³-hybridized carbons (Fsp3) is 0.822. The van der Waals surface area contributed by atoms with Crippen LogP contribution in [-0.4, -0.2) is 68.5 Å². The highest BCUT2D eigenvalue weighted by Crippen LogP contribution is 2.38. The van der Waals surface area contributed by atoms with E-state index in [1.807, 2.05) is 27.2 Å². The van der Waals surface area contributed by atoms with Gasteiger partial charge in [-0.3, -0.25) is 9.36 Å². The van der Waals surface area contributed by atoms with Gasteiger partial charge < -0.3 is 28.8 Å². The van der Waals surface area contributed by atoms with Crippen LogP contribution in [0.2, 0.25) is 0 Å². The van der Waals surface area contributed by atoms with Gasteiger partial charge in [-0.15, -0.1) is 0 Å². The Morgan fingerprint density at radius 1 is 0.439 bits per heavy atom. The zero-order valence-corrected chi connectivity index (χ0v) is 55.8. The van der Waals surface area contributed by atoms with Gasteiger partial charge in [-0.25, -0.2) is 0 Å². The van der Waals surface area contributed by atoms with E-state index in [-0.39, 0.29) is 19.1 Å². The number of allylic oxidation sites excluding steroid dienone is 11. The number of hydrogen-bond acceptors (Lipinski definition) is 6. The van der Waals surface area contributed by atoms with Crippen LogP contribution >= 0.6 is 7.82 Å². The van der Waals surface area contributed by atoms with Gasteiger partial charge in [-0.1, -0.05) is 337 Å². The number of rotatable bonds is 65. The molecule has 9 heteroatoms. The third-order valence-corrected chi connectivity index (χ3v) is 16.9. The molecule has 1 amide bonds. The second-order valence-electron chi connectivity index (χ2n) is 25.2. The van der Waals surface area contributed by atoms with E-state index in [2.05, 4.69) is 79.9 Å². The molecule has 3 unspecified atom stereocenters. The zero-order chi connectivity index (χ0) is 59.8. The number of phosphoric acid groups is 1. The van der Waals surface area contributed by atoms with E-state index in [9.17, 15) is 19.4 Å². The van der Waals surface area contributed by atoms with Crippen LogP contribution in [0.3, 0.4) is 0 Å². The Labute approximate surface area is 510 Å². The monoisotopic (exact) mass is 1170 g/mol. The van der Waals surface area contributed by atoms with Gasteiger partial charge in [0, 0.05) is 6.42 Å². The van der Waals surface area contributed by atoms with E-state index >= 15 is 0 Å². The summed E-state index contributed by atoms with van der Waals surface area (Å²) in [6.45, 7) is 4.58. The van der Waals surface area contributed by atoms with Gasteiger partial charge >= 0.3 is 0 Å². The van der Waals surface area contributed by atoms with Gasteiger partial charge in [0.05, 0.1) is 39.9 Å². The summed E-state index contributed by atoms with van der Waals surface area (Å²) in [6.07, 6.45) is 88.8. The first-order valence-corrected chi connectivity index (χ1v) is 36.8. The molecule has 0 aliphatic heterocycles. The van der Waals surface area contributed by atoms with Crippen LogP contribution < -0.4 is 10.2 Å². The number of carbonyl (C=O) groups is 1. The van der Waals surface area contributed by atoms with Crippen LogP contribution in [-0.2, 0) is 18.4 Å². The Kier molecular flexibility index (Phi) is 61.8. The molecule has 480 valence electrons. The Balaban J connectivity index is 4.05. The van der Waals surface area contributed by atoms with Gasteiger partial charge in [0.1, 0.15) is 13.2 Å². The van der Waals surface area contributed by atoms with Crippen molar-refractivity contribution < 1.29 is 32.9 Å². The van der Waals surface area contributed by atoms with Crippen LogP contribution in [0.15, 0.2) is 72.9 Å². The minimum absolute atomic E-state index is 0.00133. The highest BCUT2D eigenvalue weighted by Gasteiger charge is 2.23. The fourth-order valence-electron chi connectivity index (χ4n) is 10.5. The zero-order valence-electron chi connectivity index (χ0n) is 54.9. The first-order chi connectivity index (χ1) is 40.0. The van der Waals surface area contributed by atoms with Crippen molar-refractivity contribution in [2.75, 3.05) is 40.9 Å². The van der Waals surface area contributed by atoms with Gasteiger partial charge in [0.15, 0.2) is 0 Å². The largest absolute Gasteiger partial charge is 0.756 e. The number of aliphatic hydroxyl groups is 1. The summed E-state index contributed by atoms with van der Waals surface area (Å²) in [5, 5.41) is 14.0. The fourth-order valence-corrected chi connectivity index (χ4v) is 11.2. The van der Waals surface area contributed by atoms with Crippen LogP contribution in [0.25, 0.3) is 0 Å². The predicted molar refractivity (Wildman–Crippen MR) is 357 cm³/mol. The van der Waals surface area contributed by atoms with E-state index in [1.165, 1.54) is 244 Å². The Morgan fingerprint density at radius 2 is 0.744 bits per heavy atom. The lowest BCUT2D eigenvalue weighted by molar-refractivity contribution is -0.870. The van der Waals surface area contributed by atoms with Crippen LogP contribution in [0.5, 0.6) is 0 Å². The molecule has 82 heavy (non-hydrogen) atoms. The molecule has 8 nitrogen and oxygen atoms in total. The van der Waals surface area contributed by atoms with Crippen molar-refractivity contribution in [2.24, 2.45) is 0 Å². The maximum Gasteiger partial charge on any atom is 0.268 e. The number of carbonyl (C=O) groups excluding carboxylic acids is 1. The molecule has 0 fully saturated rings. The average molecular weight is 1170 g/mol. The van der Waals surface area contributed by atoms with Gasteiger partial charge in [0.25, 0.3) is 7.82 Å². The lowest BCUT2D eigenvalue weighted by Gasteiger charge is -2.29. The molecule has 0 saturated carbocycles. The molecular formula is C73H137N2O6P. The first kappa shape index (κ1) is 79.9. The maximum absolute atomic E-state index is 13.0. The molecule has 0 aromatic carbocycles. The van der Waals surface area contributed by atoms with Crippen molar-refractivity contribution in [1.82, 2.24) is 5.32 Å². The second-order valence-corrected chi connectivity index (χ2v) is 26.6. The molecule has 0 aromatic heterocycles. The predicted octanol–water partition coefficient (Wildman–Crippen LogP) is 21.9. The van der Waals surface area contributed by atoms with Crippen molar-refractivity contribution in [3.8, 4) is 0 Å². The summed E-state index contributed by atoms with van der Waals surface area (Å²) in [7, 11) is 1.27. The molecule has 2 N–H and O–H groups in total. The molecule has 0 aromatic rings. The van der Waals surface area contributed by atoms with Crippen molar-refractivity contribution in [2.45, 2.75) is 347 Å². The number of aliphatic hydroxyl groups excluding tert-OH is 1. The lowest BCUT2D eigenvalue weighted by Crippen LogP contribution is -2.45. The minimum atomic E-state index is -4.61. The highest BCUT2D eigenvalue weighted by molar-refractivity contribution is 7.45. The number of quaternary nitrogens is 1. The van der Waals surface area contributed by atoms with Crippen LogP contribution in [0, 0.1) is 0 Å². The lowest BCUT2D eigenvalue weighted by atomic mass is 10.0. The van der Waals surface area contributed by atoms with E-state index in [4.69, 9.17) is 9.05 Å². The van der Waals surface area contributed by atoms with E-state index in [0.29, 0.717) is 17.4 Å². The molecule has 0 heterocycles. The molecule has 0 saturated heterocycles. The van der Waals surface area contributed by atoms with Crippen LogP contribution in [0.1, 0.15) is 335 Å². The van der Waals surface area contributed by atoms with Gasteiger partial charge in [0.2, 0.25) is 5.91 Å². The summed E-state index contributed by atoms with van der Waals surface area (Å²) >= 11 is 0.